The standard InChI is InChI=1S/C13H17N.C12H18.C10H15N.C9H13N.3C2H6/c1-4-11-6-5-7-13-12(11)8-9-14(13)10(2)3;1-9(2)11-5-7-12(8-6-11)10(3)4;1-4-9-5-10(8(2)3)7-11-6-9;1-7(2)9-4-5-10-6-8(9)3;3*1-2/h5-10H,4H2,1-3H3;5-10H,1-4H3;5-8H,4H2,1-3H3;4-7H,1-3H3;3*1-2H3. The van der Waals surface area contributed by atoms with Crippen molar-refractivity contribution < 1.29 is 0 Å². The van der Waals surface area contributed by atoms with Crippen LogP contribution in [0.3, 0.4) is 0 Å². The zero-order chi connectivity index (χ0) is 41.1. The first-order chi connectivity index (χ1) is 25.3. The van der Waals surface area contributed by atoms with Crippen molar-refractivity contribution in [1.29, 1.82) is 0 Å². The van der Waals surface area contributed by atoms with Gasteiger partial charge in [0.1, 0.15) is 0 Å². The third-order valence-corrected chi connectivity index (χ3v) is 8.64. The number of rotatable bonds is 7. The van der Waals surface area contributed by atoms with E-state index in [2.05, 4.69) is 171 Å². The van der Waals surface area contributed by atoms with Crippen molar-refractivity contribution in [3.8, 4) is 0 Å². The fraction of sp³-hybridized carbons (Fsp3) is 0.520. The van der Waals surface area contributed by atoms with Gasteiger partial charge in [-0.25, -0.2) is 0 Å². The van der Waals surface area contributed by atoms with E-state index in [1.807, 2.05) is 66.3 Å². The first-order valence-corrected chi connectivity index (χ1v) is 20.8. The topological polar surface area (TPSA) is 30.7 Å². The molecule has 0 bridgehead atoms. The molecule has 5 aromatic rings. The predicted molar refractivity (Wildman–Crippen MR) is 241 cm³/mol. The molecular weight excluding hydrogens is 643 g/mol. The maximum Gasteiger partial charge on any atom is 0.0485 e. The number of pyridine rings is 2. The highest BCUT2D eigenvalue weighted by atomic mass is 15.0. The van der Waals surface area contributed by atoms with E-state index in [1.165, 1.54) is 49.8 Å². The average molecular weight is 724 g/mol. The summed E-state index contributed by atoms with van der Waals surface area (Å²) in [6.45, 7) is 40.6. The molecular formula is C50H81N3. The van der Waals surface area contributed by atoms with Crippen molar-refractivity contribution in [2.45, 2.75) is 174 Å². The Morgan fingerprint density at radius 2 is 1.08 bits per heavy atom. The summed E-state index contributed by atoms with van der Waals surface area (Å²) in [5.74, 6) is 2.49. The Balaban J connectivity index is 0. The number of aryl methyl sites for hydroxylation is 3. The van der Waals surface area contributed by atoms with Crippen LogP contribution in [0.5, 0.6) is 0 Å². The summed E-state index contributed by atoms with van der Waals surface area (Å²) in [5, 5.41) is 1.41. The highest BCUT2D eigenvalue weighted by molar-refractivity contribution is 5.83. The first-order valence-electron chi connectivity index (χ1n) is 20.8. The zero-order valence-electron chi connectivity index (χ0n) is 37.8. The average Bonchev–Trinajstić information content (AvgIpc) is 3.63. The molecule has 3 nitrogen and oxygen atoms in total. The Kier molecular flexibility index (Phi) is 28.8. The molecule has 296 valence electrons. The molecule has 3 heterocycles. The molecule has 0 N–H and O–H groups in total. The molecule has 3 heteroatoms. The predicted octanol–water partition coefficient (Wildman–Crippen LogP) is 16.1. The van der Waals surface area contributed by atoms with Gasteiger partial charge in [0.15, 0.2) is 0 Å². The fourth-order valence-corrected chi connectivity index (χ4v) is 5.43. The van der Waals surface area contributed by atoms with Crippen LogP contribution in [-0.2, 0) is 12.8 Å². The van der Waals surface area contributed by atoms with Crippen LogP contribution < -0.4 is 0 Å². The SMILES string of the molecule is CC.CC.CC.CC(C)c1ccc(C(C)C)cc1.CCc1cccc2c1ccn2C(C)C.CCc1cncc(C(C)C)c1.Cc1cnccc1C(C)C. The molecule has 2 aromatic carbocycles. The first kappa shape index (κ1) is 51.4. The van der Waals surface area contributed by atoms with Gasteiger partial charge in [0.05, 0.1) is 0 Å². The molecule has 3 aromatic heterocycles. The van der Waals surface area contributed by atoms with Gasteiger partial charge in [-0.3, -0.25) is 9.97 Å². The molecule has 0 spiro atoms. The Labute approximate surface area is 329 Å². The van der Waals surface area contributed by atoms with Crippen molar-refractivity contribution in [2.24, 2.45) is 0 Å². The summed E-state index contributed by atoms with van der Waals surface area (Å²) in [5.41, 5.74) is 11.0. The zero-order valence-corrected chi connectivity index (χ0v) is 37.8. The third kappa shape index (κ3) is 18.7. The maximum absolute atomic E-state index is 4.18. The van der Waals surface area contributed by atoms with Gasteiger partial charge in [-0.1, -0.05) is 153 Å². The summed E-state index contributed by atoms with van der Waals surface area (Å²) in [6, 6.07) is 22.6. The molecule has 0 radical (unpaired) electrons. The summed E-state index contributed by atoms with van der Waals surface area (Å²) < 4.78 is 2.33. The number of nitrogens with zero attached hydrogens (tertiary/aromatic N) is 3. The van der Waals surface area contributed by atoms with E-state index >= 15 is 0 Å². The molecule has 0 amide bonds. The number of hydrogen-bond donors (Lipinski definition) is 0. The van der Waals surface area contributed by atoms with Gasteiger partial charge >= 0.3 is 0 Å². The van der Waals surface area contributed by atoms with E-state index in [1.54, 1.807) is 0 Å². The van der Waals surface area contributed by atoms with Gasteiger partial charge in [-0.15, -0.1) is 0 Å². The van der Waals surface area contributed by atoms with Crippen molar-refractivity contribution in [3.05, 3.63) is 131 Å². The minimum absolute atomic E-state index is 0.541. The van der Waals surface area contributed by atoms with Crippen molar-refractivity contribution in [1.82, 2.24) is 14.5 Å². The van der Waals surface area contributed by atoms with Gasteiger partial charge in [0, 0.05) is 47.9 Å². The van der Waals surface area contributed by atoms with Crippen molar-refractivity contribution in [3.63, 3.8) is 0 Å². The Hall–Kier alpha value is -3.72. The van der Waals surface area contributed by atoms with E-state index in [4.69, 9.17) is 0 Å². The minimum Gasteiger partial charge on any atom is -0.345 e. The van der Waals surface area contributed by atoms with E-state index in [9.17, 15) is 0 Å². The van der Waals surface area contributed by atoms with Crippen LogP contribution in [0.2, 0.25) is 0 Å². The Morgan fingerprint density at radius 3 is 1.47 bits per heavy atom. The second kappa shape index (κ2) is 29.7. The van der Waals surface area contributed by atoms with Crippen molar-refractivity contribution >= 4 is 10.9 Å². The molecule has 0 atom stereocenters. The second-order valence-electron chi connectivity index (χ2n) is 14.0. The van der Waals surface area contributed by atoms with E-state index in [0.717, 1.165) is 12.8 Å². The summed E-state index contributed by atoms with van der Waals surface area (Å²) >= 11 is 0. The number of fused-ring (bicyclic) bond motifs is 1. The van der Waals surface area contributed by atoms with Gasteiger partial charge in [0.25, 0.3) is 0 Å². The summed E-state index contributed by atoms with van der Waals surface area (Å²) in [4.78, 5) is 8.20. The van der Waals surface area contributed by atoms with Crippen LogP contribution in [-0.4, -0.2) is 14.5 Å². The quantitative estimate of drug-likeness (QED) is 0.167. The minimum atomic E-state index is 0.541. The lowest BCUT2D eigenvalue weighted by atomic mass is 9.97. The lowest BCUT2D eigenvalue weighted by molar-refractivity contribution is 0.623. The molecule has 0 aliphatic rings. The van der Waals surface area contributed by atoms with Crippen molar-refractivity contribution in [2.75, 3.05) is 0 Å². The molecule has 0 aliphatic carbocycles. The molecule has 0 unspecified atom stereocenters. The van der Waals surface area contributed by atoms with Gasteiger partial charge < -0.3 is 4.57 Å². The van der Waals surface area contributed by atoms with Crippen LogP contribution >= 0.6 is 0 Å². The van der Waals surface area contributed by atoms with Crippen LogP contribution in [0.4, 0.5) is 0 Å². The maximum atomic E-state index is 4.18. The normalized spacial score (nSPS) is 10.0. The fourth-order valence-electron chi connectivity index (χ4n) is 5.43. The molecule has 0 fully saturated rings. The van der Waals surface area contributed by atoms with Crippen LogP contribution in [0.15, 0.2) is 91.6 Å². The van der Waals surface area contributed by atoms with Gasteiger partial charge in [-0.05, 0) is 114 Å². The number of aromatic nitrogens is 3. The van der Waals surface area contributed by atoms with E-state index in [-0.39, 0.29) is 0 Å². The monoisotopic (exact) mass is 724 g/mol. The smallest absolute Gasteiger partial charge is 0.0485 e. The molecule has 0 aliphatic heterocycles. The molecule has 5 rings (SSSR count). The number of hydrogen-bond acceptors (Lipinski definition) is 2. The van der Waals surface area contributed by atoms with Crippen LogP contribution in [0, 0.1) is 6.92 Å². The van der Waals surface area contributed by atoms with E-state index < -0.39 is 0 Å². The highest BCUT2D eigenvalue weighted by Gasteiger charge is 2.06. The number of benzene rings is 2. The molecule has 0 saturated heterocycles. The largest absolute Gasteiger partial charge is 0.345 e. The summed E-state index contributed by atoms with van der Waals surface area (Å²) in [7, 11) is 0. The lowest BCUT2D eigenvalue weighted by Gasteiger charge is -2.09. The second-order valence-corrected chi connectivity index (χ2v) is 14.0. The highest BCUT2D eigenvalue weighted by Crippen LogP contribution is 2.24. The van der Waals surface area contributed by atoms with Gasteiger partial charge in [0.2, 0.25) is 0 Å². The van der Waals surface area contributed by atoms with Crippen LogP contribution in [0.25, 0.3) is 10.9 Å². The Bertz CT molecular complexity index is 1560. The van der Waals surface area contributed by atoms with Crippen LogP contribution in [0.1, 0.15) is 193 Å². The molecule has 0 saturated carbocycles. The Morgan fingerprint density at radius 1 is 0.547 bits per heavy atom. The summed E-state index contributed by atoms with van der Waals surface area (Å²) in [6.07, 6.45) is 12.0. The molecule has 53 heavy (non-hydrogen) atoms. The van der Waals surface area contributed by atoms with E-state index in [0.29, 0.717) is 29.7 Å². The lowest BCUT2D eigenvalue weighted by Crippen LogP contribution is -1.97. The van der Waals surface area contributed by atoms with Gasteiger partial charge in [-0.2, -0.15) is 0 Å². The third-order valence-electron chi connectivity index (χ3n) is 8.64.